The van der Waals surface area contributed by atoms with E-state index in [2.05, 4.69) is 32.8 Å². The summed E-state index contributed by atoms with van der Waals surface area (Å²) in [5, 5.41) is 3.25. The molecule has 0 bridgehead atoms. The van der Waals surface area contributed by atoms with Crippen molar-refractivity contribution in [1.29, 1.82) is 0 Å². The Labute approximate surface area is 205 Å². The lowest BCUT2D eigenvalue weighted by Gasteiger charge is -2.13. The van der Waals surface area contributed by atoms with Gasteiger partial charge < -0.3 is 9.64 Å². The lowest BCUT2D eigenvalue weighted by molar-refractivity contribution is 0.263. The molecule has 3 aromatic heterocycles. The molecule has 5 rings (SSSR count). The zero-order valence-corrected chi connectivity index (χ0v) is 20.5. The molecule has 2 aromatic carbocycles. The maximum absolute atomic E-state index is 13.8. The third-order valence-corrected chi connectivity index (χ3v) is 5.65. The third kappa shape index (κ3) is 5.97. The van der Waals surface area contributed by atoms with Crippen molar-refractivity contribution in [3.8, 4) is 17.0 Å². The Balaban J connectivity index is 0.000000165. The molecule has 0 radical (unpaired) electrons. The molecule has 5 nitrogen and oxygen atoms in total. The second-order valence-corrected chi connectivity index (χ2v) is 8.68. The summed E-state index contributed by atoms with van der Waals surface area (Å²) < 4.78 is 19.6. The summed E-state index contributed by atoms with van der Waals surface area (Å²) in [6.07, 6.45) is 5.37. The molecule has 5 aromatic rings. The first-order chi connectivity index (χ1) is 16.9. The number of fused-ring (bicyclic) bond motifs is 2. The second kappa shape index (κ2) is 11.0. The first-order valence-electron chi connectivity index (χ1n) is 11.5. The lowest BCUT2D eigenvalue weighted by atomic mass is 10.1. The number of nitrogens with zero attached hydrogens (tertiary/aromatic N) is 4. The minimum absolute atomic E-state index is 0.261. The zero-order chi connectivity index (χ0) is 24.8. The van der Waals surface area contributed by atoms with E-state index in [1.54, 1.807) is 18.3 Å². The average molecular weight is 469 g/mol. The van der Waals surface area contributed by atoms with Crippen molar-refractivity contribution in [2.75, 3.05) is 27.2 Å². The maximum atomic E-state index is 13.8. The molecule has 0 amide bonds. The molecule has 0 aliphatic carbocycles. The van der Waals surface area contributed by atoms with E-state index in [9.17, 15) is 4.39 Å². The van der Waals surface area contributed by atoms with Crippen molar-refractivity contribution in [1.82, 2.24) is 19.9 Å². The van der Waals surface area contributed by atoms with Gasteiger partial charge in [0.15, 0.2) is 5.65 Å². The van der Waals surface area contributed by atoms with E-state index in [-0.39, 0.29) is 5.82 Å². The highest BCUT2D eigenvalue weighted by Gasteiger charge is 2.08. The van der Waals surface area contributed by atoms with Crippen molar-refractivity contribution in [3.05, 3.63) is 96.2 Å². The third-order valence-electron chi connectivity index (χ3n) is 5.65. The van der Waals surface area contributed by atoms with Gasteiger partial charge in [-0.15, -0.1) is 0 Å². The number of rotatable bonds is 5. The number of pyridine rings is 3. The van der Waals surface area contributed by atoms with E-state index in [4.69, 9.17) is 4.74 Å². The summed E-state index contributed by atoms with van der Waals surface area (Å²) in [6.45, 7) is 5.64. The van der Waals surface area contributed by atoms with E-state index in [0.717, 1.165) is 28.6 Å². The zero-order valence-electron chi connectivity index (χ0n) is 20.5. The Kier molecular flexibility index (Phi) is 7.63. The van der Waals surface area contributed by atoms with E-state index in [1.807, 2.05) is 69.8 Å². The van der Waals surface area contributed by atoms with Crippen LogP contribution in [0.2, 0.25) is 0 Å². The van der Waals surface area contributed by atoms with Crippen LogP contribution in [0, 0.1) is 19.7 Å². The molecule has 6 heteroatoms. The van der Waals surface area contributed by atoms with Crippen LogP contribution in [-0.2, 0) is 0 Å². The number of hydrogen-bond donors (Lipinski definition) is 0. The van der Waals surface area contributed by atoms with E-state index >= 15 is 0 Å². The number of ether oxygens (including phenoxy) is 1. The SMILES string of the molecule is Cc1ccc(F)c(-c2ccc3cccnc3n2)c1.Cc1ccc(OCCN(C)C)c2cnccc12. The first-order valence-corrected chi connectivity index (χ1v) is 11.5. The van der Waals surface area contributed by atoms with Crippen molar-refractivity contribution in [3.63, 3.8) is 0 Å². The maximum Gasteiger partial charge on any atom is 0.159 e. The monoisotopic (exact) mass is 468 g/mol. The fourth-order valence-electron chi connectivity index (χ4n) is 3.72. The smallest absolute Gasteiger partial charge is 0.159 e. The highest BCUT2D eigenvalue weighted by molar-refractivity contribution is 5.90. The number of halogens is 1. The highest BCUT2D eigenvalue weighted by Crippen LogP contribution is 2.27. The Morgan fingerprint density at radius 2 is 1.77 bits per heavy atom. The number of aromatic nitrogens is 3. The average Bonchev–Trinajstić information content (AvgIpc) is 2.87. The van der Waals surface area contributed by atoms with E-state index in [0.29, 0.717) is 23.5 Å². The second-order valence-electron chi connectivity index (χ2n) is 8.68. The normalized spacial score (nSPS) is 10.9. The van der Waals surface area contributed by atoms with Crippen molar-refractivity contribution in [2.45, 2.75) is 13.8 Å². The first kappa shape index (κ1) is 24.2. The van der Waals surface area contributed by atoms with Gasteiger partial charge in [-0.3, -0.25) is 4.98 Å². The lowest BCUT2D eigenvalue weighted by Crippen LogP contribution is -2.19. The summed E-state index contributed by atoms with van der Waals surface area (Å²) in [5.41, 5.74) is 4.03. The molecule has 0 aliphatic rings. The van der Waals surface area contributed by atoms with Crippen molar-refractivity contribution < 1.29 is 9.13 Å². The van der Waals surface area contributed by atoms with Gasteiger partial charge in [-0.2, -0.15) is 0 Å². The standard InChI is InChI=1S/C15H11FN2.C14H18N2O/c1-10-4-6-13(16)12(9-10)14-7-5-11-3-2-8-17-15(11)18-14;1-11-4-5-14(17-9-8-16(2)3)13-10-15-7-6-12(11)13/h2-9H,1H3;4-7,10H,8-9H2,1-3H3. The molecule has 0 fully saturated rings. The van der Waals surface area contributed by atoms with Gasteiger partial charge in [-0.1, -0.05) is 17.7 Å². The minimum Gasteiger partial charge on any atom is -0.492 e. The molecular formula is C29H29FN4O. The van der Waals surface area contributed by atoms with Gasteiger partial charge in [-0.05, 0) is 87.4 Å². The topological polar surface area (TPSA) is 51.1 Å². The van der Waals surface area contributed by atoms with Gasteiger partial charge in [0.25, 0.3) is 0 Å². The number of hydrogen-bond acceptors (Lipinski definition) is 5. The Morgan fingerprint density at radius 3 is 2.60 bits per heavy atom. The number of likely N-dealkylation sites (N-methyl/N-ethyl adjacent to an activating group) is 1. The summed E-state index contributed by atoms with van der Waals surface area (Å²) >= 11 is 0. The van der Waals surface area contributed by atoms with Crippen LogP contribution in [0.4, 0.5) is 4.39 Å². The van der Waals surface area contributed by atoms with Crippen LogP contribution in [0.5, 0.6) is 5.75 Å². The largest absolute Gasteiger partial charge is 0.492 e. The van der Waals surface area contributed by atoms with Crippen LogP contribution in [0.25, 0.3) is 33.1 Å². The summed E-state index contributed by atoms with van der Waals surface area (Å²) in [6, 6.07) is 18.7. The van der Waals surface area contributed by atoms with Crippen LogP contribution in [0.15, 0.2) is 79.3 Å². The molecule has 0 spiro atoms. The summed E-state index contributed by atoms with van der Waals surface area (Å²) in [7, 11) is 4.08. The fourth-order valence-corrected chi connectivity index (χ4v) is 3.72. The Hall–Kier alpha value is -3.90. The van der Waals surface area contributed by atoms with Gasteiger partial charge in [-0.25, -0.2) is 14.4 Å². The number of benzene rings is 2. The van der Waals surface area contributed by atoms with Crippen LogP contribution >= 0.6 is 0 Å². The summed E-state index contributed by atoms with van der Waals surface area (Å²) in [5.74, 6) is 0.656. The molecule has 35 heavy (non-hydrogen) atoms. The van der Waals surface area contributed by atoms with Crippen LogP contribution < -0.4 is 4.74 Å². The number of aryl methyl sites for hydroxylation is 2. The van der Waals surface area contributed by atoms with Gasteiger partial charge in [0.05, 0.1) is 5.69 Å². The van der Waals surface area contributed by atoms with Crippen LogP contribution in [-0.4, -0.2) is 47.1 Å². The molecule has 0 aliphatic heterocycles. The quantitative estimate of drug-likeness (QED) is 0.306. The molecule has 0 atom stereocenters. The molecule has 0 N–H and O–H groups in total. The van der Waals surface area contributed by atoms with Gasteiger partial charge in [0.2, 0.25) is 0 Å². The van der Waals surface area contributed by atoms with Gasteiger partial charge >= 0.3 is 0 Å². The predicted octanol–water partition coefficient (Wildman–Crippen LogP) is 6.23. The molecule has 0 unspecified atom stereocenters. The fraction of sp³-hybridized carbons (Fsp3) is 0.207. The summed E-state index contributed by atoms with van der Waals surface area (Å²) in [4.78, 5) is 14.9. The molecule has 0 saturated carbocycles. The van der Waals surface area contributed by atoms with Gasteiger partial charge in [0.1, 0.15) is 18.2 Å². The van der Waals surface area contributed by atoms with Crippen LogP contribution in [0.3, 0.4) is 0 Å². The van der Waals surface area contributed by atoms with Crippen LogP contribution in [0.1, 0.15) is 11.1 Å². The molecule has 3 heterocycles. The Bertz CT molecular complexity index is 1450. The van der Waals surface area contributed by atoms with E-state index in [1.165, 1.54) is 17.0 Å². The van der Waals surface area contributed by atoms with Gasteiger partial charge in [0, 0.05) is 41.5 Å². The highest BCUT2D eigenvalue weighted by atomic mass is 19.1. The molecule has 178 valence electrons. The molecular weight excluding hydrogens is 439 g/mol. The predicted molar refractivity (Wildman–Crippen MR) is 140 cm³/mol. The van der Waals surface area contributed by atoms with Crippen molar-refractivity contribution in [2.24, 2.45) is 0 Å². The van der Waals surface area contributed by atoms with E-state index < -0.39 is 0 Å². The Morgan fingerprint density at radius 1 is 0.914 bits per heavy atom. The van der Waals surface area contributed by atoms with Crippen molar-refractivity contribution >= 4 is 21.8 Å². The minimum atomic E-state index is -0.261. The molecule has 0 saturated heterocycles.